The number of nitrogens with two attached hydrogens (primary N) is 1. The first-order chi connectivity index (χ1) is 10.3. The minimum absolute atomic E-state index is 0.444. The predicted molar refractivity (Wildman–Crippen MR) is 90.3 cm³/mol. The molecule has 3 aromatic rings. The van der Waals surface area contributed by atoms with E-state index in [4.69, 9.17) is 5.73 Å². The summed E-state index contributed by atoms with van der Waals surface area (Å²) in [6, 6.07) is 21.3. The van der Waals surface area contributed by atoms with Crippen LogP contribution in [0.25, 0.3) is 16.8 Å². The van der Waals surface area contributed by atoms with Gasteiger partial charge in [0.1, 0.15) is 0 Å². The van der Waals surface area contributed by atoms with Crippen LogP contribution in [0.1, 0.15) is 22.6 Å². The van der Waals surface area contributed by atoms with Gasteiger partial charge < -0.3 is 5.73 Å². The maximum atomic E-state index is 5.78. The van der Waals surface area contributed by atoms with E-state index in [-0.39, 0.29) is 0 Å². The van der Waals surface area contributed by atoms with Crippen LogP contribution in [0.5, 0.6) is 0 Å². The summed E-state index contributed by atoms with van der Waals surface area (Å²) in [5.41, 5.74) is 10.7. The molecule has 1 aliphatic carbocycles. The lowest BCUT2D eigenvalue weighted by atomic mass is 9.83. The summed E-state index contributed by atoms with van der Waals surface area (Å²) in [5.74, 6) is 0.444. The van der Waals surface area contributed by atoms with Crippen molar-refractivity contribution in [2.24, 2.45) is 0 Å². The van der Waals surface area contributed by atoms with E-state index in [0.717, 1.165) is 12.1 Å². The Bertz CT molecular complexity index is 828. The van der Waals surface area contributed by atoms with Crippen LogP contribution < -0.4 is 5.73 Å². The van der Waals surface area contributed by atoms with Gasteiger partial charge in [-0.3, -0.25) is 0 Å². The Hall–Kier alpha value is -2.54. The second-order valence-electron chi connectivity index (χ2n) is 5.70. The largest absolute Gasteiger partial charge is 0.399 e. The molecule has 2 N–H and O–H groups in total. The fourth-order valence-corrected chi connectivity index (χ4v) is 3.21. The first kappa shape index (κ1) is 12.2. The molecule has 0 amide bonds. The van der Waals surface area contributed by atoms with Crippen molar-refractivity contribution in [3.63, 3.8) is 0 Å². The zero-order valence-corrected chi connectivity index (χ0v) is 11.8. The number of benzene rings is 3. The molecule has 1 unspecified atom stereocenters. The standard InChI is InChI=1S/C20H17N/c21-18-10-7-14(8-11-18)16-9-12-20-17(13-16)6-5-15-3-1-2-4-19(15)20/h1-12,16H,13,21H2. The molecule has 1 nitrogen and oxygen atoms in total. The normalized spacial score (nSPS) is 16.9. The van der Waals surface area contributed by atoms with Gasteiger partial charge in [0, 0.05) is 11.6 Å². The molecule has 4 rings (SSSR count). The first-order valence-electron chi connectivity index (χ1n) is 7.35. The van der Waals surface area contributed by atoms with Crippen LogP contribution in [0.15, 0.2) is 66.7 Å². The zero-order valence-electron chi connectivity index (χ0n) is 11.8. The van der Waals surface area contributed by atoms with Crippen molar-refractivity contribution in [3.8, 4) is 0 Å². The second kappa shape index (κ2) is 4.78. The molecule has 3 aromatic carbocycles. The van der Waals surface area contributed by atoms with Gasteiger partial charge in [0.25, 0.3) is 0 Å². The van der Waals surface area contributed by atoms with Crippen LogP contribution in [0.3, 0.4) is 0 Å². The number of rotatable bonds is 1. The van der Waals surface area contributed by atoms with Gasteiger partial charge >= 0.3 is 0 Å². The molecule has 0 saturated heterocycles. The number of fused-ring (bicyclic) bond motifs is 3. The van der Waals surface area contributed by atoms with Crippen molar-refractivity contribution in [1.29, 1.82) is 0 Å². The highest BCUT2D eigenvalue weighted by Gasteiger charge is 2.16. The molecular weight excluding hydrogens is 254 g/mol. The topological polar surface area (TPSA) is 26.0 Å². The molecule has 0 bridgehead atoms. The zero-order chi connectivity index (χ0) is 14.2. The highest BCUT2D eigenvalue weighted by atomic mass is 14.5. The van der Waals surface area contributed by atoms with Crippen molar-refractivity contribution >= 4 is 22.5 Å². The van der Waals surface area contributed by atoms with Crippen LogP contribution >= 0.6 is 0 Å². The summed E-state index contributed by atoms with van der Waals surface area (Å²) in [7, 11) is 0. The molecule has 0 aliphatic heterocycles. The first-order valence-corrected chi connectivity index (χ1v) is 7.35. The third-order valence-electron chi connectivity index (χ3n) is 4.36. The highest BCUT2D eigenvalue weighted by Crippen LogP contribution is 2.34. The molecule has 0 aromatic heterocycles. The molecular formula is C20H17N. The molecule has 0 spiro atoms. The maximum Gasteiger partial charge on any atom is 0.0314 e. The predicted octanol–water partition coefficient (Wildman–Crippen LogP) is 4.78. The van der Waals surface area contributed by atoms with Crippen molar-refractivity contribution in [2.75, 3.05) is 5.73 Å². The van der Waals surface area contributed by atoms with Gasteiger partial charge in [0.15, 0.2) is 0 Å². The van der Waals surface area contributed by atoms with Gasteiger partial charge in [-0.25, -0.2) is 0 Å². The van der Waals surface area contributed by atoms with Crippen LogP contribution in [0.4, 0.5) is 5.69 Å². The van der Waals surface area contributed by atoms with Gasteiger partial charge in [0.05, 0.1) is 0 Å². The maximum absolute atomic E-state index is 5.78. The van der Waals surface area contributed by atoms with Gasteiger partial charge in [-0.15, -0.1) is 0 Å². The molecule has 0 radical (unpaired) electrons. The summed E-state index contributed by atoms with van der Waals surface area (Å²) >= 11 is 0. The SMILES string of the molecule is Nc1ccc(C2C=Cc3c(ccc4ccccc34)C2)cc1. The van der Waals surface area contributed by atoms with Crippen LogP contribution in [-0.2, 0) is 6.42 Å². The van der Waals surface area contributed by atoms with Crippen molar-refractivity contribution in [3.05, 3.63) is 83.4 Å². The van der Waals surface area contributed by atoms with E-state index in [1.165, 1.54) is 27.5 Å². The lowest BCUT2D eigenvalue weighted by Crippen LogP contribution is -2.06. The quantitative estimate of drug-likeness (QED) is 0.634. The summed E-state index contributed by atoms with van der Waals surface area (Å²) in [4.78, 5) is 0. The Kier molecular flexibility index (Phi) is 2.78. The number of anilines is 1. The fourth-order valence-electron chi connectivity index (χ4n) is 3.21. The van der Waals surface area contributed by atoms with Crippen molar-refractivity contribution in [2.45, 2.75) is 12.3 Å². The second-order valence-corrected chi connectivity index (χ2v) is 5.70. The Labute approximate surface area is 124 Å². The molecule has 21 heavy (non-hydrogen) atoms. The average molecular weight is 271 g/mol. The molecule has 0 saturated carbocycles. The van der Waals surface area contributed by atoms with Gasteiger partial charge in [-0.1, -0.05) is 60.7 Å². The molecule has 1 aliphatic rings. The number of hydrogen-bond donors (Lipinski definition) is 1. The average Bonchev–Trinajstić information content (AvgIpc) is 2.55. The van der Waals surface area contributed by atoms with E-state index in [0.29, 0.717) is 5.92 Å². The lowest BCUT2D eigenvalue weighted by Gasteiger charge is -2.21. The highest BCUT2D eigenvalue weighted by molar-refractivity contribution is 5.92. The van der Waals surface area contributed by atoms with E-state index in [1.54, 1.807) is 0 Å². The third kappa shape index (κ3) is 2.11. The van der Waals surface area contributed by atoms with Gasteiger partial charge in [0.2, 0.25) is 0 Å². The third-order valence-corrected chi connectivity index (χ3v) is 4.36. The van der Waals surface area contributed by atoms with E-state index >= 15 is 0 Å². The molecule has 102 valence electrons. The van der Waals surface area contributed by atoms with E-state index in [2.05, 4.69) is 60.7 Å². The Morgan fingerprint density at radius 1 is 0.857 bits per heavy atom. The van der Waals surface area contributed by atoms with Crippen LogP contribution in [0, 0.1) is 0 Å². The molecule has 1 atom stereocenters. The minimum atomic E-state index is 0.444. The van der Waals surface area contributed by atoms with Crippen LogP contribution in [-0.4, -0.2) is 0 Å². The number of hydrogen-bond acceptors (Lipinski definition) is 1. The van der Waals surface area contributed by atoms with Crippen molar-refractivity contribution in [1.82, 2.24) is 0 Å². The lowest BCUT2D eigenvalue weighted by molar-refractivity contribution is 0.829. The smallest absolute Gasteiger partial charge is 0.0314 e. The van der Waals surface area contributed by atoms with E-state index < -0.39 is 0 Å². The summed E-state index contributed by atoms with van der Waals surface area (Å²) in [6.07, 6.45) is 5.66. The van der Waals surface area contributed by atoms with E-state index in [1.807, 2.05) is 12.1 Å². The summed E-state index contributed by atoms with van der Waals surface area (Å²) < 4.78 is 0. The minimum Gasteiger partial charge on any atom is -0.399 e. The molecule has 0 fully saturated rings. The van der Waals surface area contributed by atoms with Gasteiger partial charge in [-0.05, 0) is 46.0 Å². The van der Waals surface area contributed by atoms with Gasteiger partial charge in [-0.2, -0.15) is 0 Å². The Morgan fingerprint density at radius 3 is 2.52 bits per heavy atom. The van der Waals surface area contributed by atoms with E-state index in [9.17, 15) is 0 Å². The van der Waals surface area contributed by atoms with Crippen molar-refractivity contribution < 1.29 is 0 Å². The Balaban J connectivity index is 1.77. The summed E-state index contributed by atoms with van der Waals surface area (Å²) in [6.45, 7) is 0. The molecule has 0 heterocycles. The number of nitrogen functional groups attached to an aromatic ring is 1. The fraction of sp³-hybridized carbons (Fsp3) is 0.100. The molecule has 1 heteroatoms. The van der Waals surface area contributed by atoms with Crippen LogP contribution in [0.2, 0.25) is 0 Å². The number of allylic oxidation sites excluding steroid dienone is 1. The Morgan fingerprint density at radius 2 is 1.67 bits per heavy atom. The monoisotopic (exact) mass is 271 g/mol. The summed E-state index contributed by atoms with van der Waals surface area (Å²) in [5, 5.41) is 2.66.